The number of benzene rings is 2. The number of likely N-dealkylation sites (tertiary alicyclic amines) is 1. The van der Waals surface area contributed by atoms with Crippen molar-refractivity contribution in [1.29, 1.82) is 0 Å². The zero-order valence-corrected chi connectivity index (χ0v) is 19.9. The first-order chi connectivity index (χ1) is 16.2. The first-order valence-corrected chi connectivity index (χ1v) is 11.9. The number of hydrogen-bond acceptors (Lipinski definition) is 4. The van der Waals surface area contributed by atoms with E-state index in [9.17, 15) is 19.5 Å². The van der Waals surface area contributed by atoms with Crippen LogP contribution in [0.5, 0.6) is 0 Å². The van der Waals surface area contributed by atoms with Crippen molar-refractivity contribution in [2.24, 2.45) is 5.92 Å². The van der Waals surface area contributed by atoms with Crippen LogP contribution in [0.4, 0.5) is 4.79 Å². The molecule has 7 nitrogen and oxygen atoms in total. The molecule has 34 heavy (non-hydrogen) atoms. The third-order valence-electron chi connectivity index (χ3n) is 7.25. The van der Waals surface area contributed by atoms with Crippen LogP contribution in [0.3, 0.4) is 0 Å². The second-order valence-corrected chi connectivity index (χ2v) is 9.75. The Morgan fingerprint density at radius 1 is 1.09 bits per heavy atom. The molecular weight excluding hydrogens is 432 g/mol. The Kier molecular flexibility index (Phi) is 6.64. The maximum absolute atomic E-state index is 13.0. The van der Waals surface area contributed by atoms with Gasteiger partial charge in [0.15, 0.2) is 0 Å². The van der Waals surface area contributed by atoms with Gasteiger partial charge in [-0.2, -0.15) is 0 Å². The predicted octanol–water partition coefficient (Wildman–Crippen LogP) is 4.41. The zero-order chi connectivity index (χ0) is 24.5. The molecule has 2 aromatic rings. The number of fused-ring (bicyclic) bond motifs is 3. The van der Waals surface area contributed by atoms with Gasteiger partial charge in [-0.15, -0.1) is 0 Å². The number of amides is 2. The largest absolute Gasteiger partial charge is 0.480 e. The van der Waals surface area contributed by atoms with Crippen molar-refractivity contribution in [2.45, 2.75) is 57.5 Å². The standard InChI is InChI=1S/C27H32N2O5/c1-17(2)23(15-24(30)29-14-8-13-27(29,3)25(31)32)28-26(33)34-16-22-20-11-6-4-9-18(20)19-10-5-7-12-21(19)22/h4-7,9-12,17,22-23H,8,13-16H2,1-3H3,(H,28,33)(H,31,32)/t23-,27-/m1/s1. The molecule has 0 saturated carbocycles. The van der Waals surface area contributed by atoms with Gasteiger partial charge < -0.3 is 20.1 Å². The molecule has 2 amide bonds. The summed E-state index contributed by atoms with van der Waals surface area (Å²) >= 11 is 0. The smallest absolute Gasteiger partial charge is 0.407 e. The van der Waals surface area contributed by atoms with Crippen LogP contribution in [0.1, 0.15) is 57.1 Å². The van der Waals surface area contributed by atoms with E-state index in [1.54, 1.807) is 6.92 Å². The molecule has 2 N–H and O–H groups in total. The maximum Gasteiger partial charge on any atom is 0.407 e. The van der Waals surface area contributed by atoms with Crippen LogP contribution in [0, 0.1) is 5.92 Å². The van der Waals surface area contributed by atoms with Gasteiger partial charge in [-0.25, -0.2) is 9.59 Å². The van der Waals surface area contributed by atoms with E-state index in [4.69, 9.17) is 4.74 Å². The summed E-state index contributed by atoms with van der Waals surface area (Å²) in [6.07, 6.45) is 0.543. The monoisotopic (exact) mass is 464 g/mol. The first-order valence-electron chi connectivity index (χ1n) is 11.9. The highest BCUT2D eigenvalue weighted by atomic mass is 16.5. The summed E-state index contributed by atoms with van der Waals surface area (Å²) < 4.78 is 5.64. The second-order valence-electron chi connectivity index (χ2n) is 9.75. The lowest BCUT2D eigenvalue weighted by Gasteiger charge is -2.33. The fraction of sp³-hybridized carbons (Fsp3) is 0.444. The quantitative estimate of drug-likeness (QED) is 0.633. The summed E-state index contributed by atoms with van der Waals surface area (Å²) in [6, 6.07) is 15.8. The number of carboxylic acid groups (broad SMARTS) is 1. The molecule has 1 aliphatic heterocycles. The fourth-order valence-electron chi connectivity index (χ4n) is 5.13. The van der Waals surface area contributed by atoms with E-state index in [0.29, 0.717) is 19.4 Å². The molecule has 0 aromatic heterocycles. The number of carbonyl (C=O) groups is 3. The number of hydrogen-bond donors (Lipinski definition) is 2. The third-order valence-corrected chi connectivity index (χ3v) is 7.25. The number of nitrogens with zero attached hydrogens (tertiary/aromatic N) is 1. The SMILES string of the molecule is CC(C)[C@@H](CC(=O)N1CCC[C@]1(C)C(=O)O)NC(=O)OCC1c2ccccc2-c2ccccc21. The summed E-state index contributed by atoms with van der Waals surface area (Å²) in [5.41, 5.74) is 3.39. The minimum atomic E-state index is -1.19. The summed E-state index contributed by atoms with van der Waals surface area (Å²) in [6.45, 7) is 6.03. The summed E-state index contributed by atoms with van der Waals surface area (Å²) in [5, 5.41) is 12.5. The van der Waals surface area contributed by atoms with Crippen LogP contribution in [-0.2, 0) is 14.3 Å². The van der Waals surface area contributed by atoms with E-state index >= 15 is 0 Å². The Hall–Kier alpha value is -3.35. The van der Waals surface area contributed by atoms with E-state index in [1.165, 1.54) is 4.90 Å². The van der Waals surface area contributed by atoms with E-state index in [1.807, 2.05) is 38.1 Å². The molecular formula is C27H32N2O5. The Morgan fingerprint density at radius 3 is 2.24 bits per heavy atom. The molecule has 2 atom stereocenters. The van der Waals surface area contributed by atoms with Crippen molar-refractivity contribution in [3.8, 4) is 11.1 Å². The summed E-state index contributed by atoms with van der Waals surface area (Å²) in [5.74, 6) is -1.33. The molecule has 7 heteroatoms. The molecule has 1 saturated heterocycles. The Morgan fingerprint density at radius 2 is 1.68 bits per heavy atom. The lowest BCUT2D eigenvalue weighted by molar-refractivity contribution is -0.155. The molecule has 4 rings (SSSR count). The molecule has 1 aliphatic carbocycles. The molecule has 1 fully saturated rings. The van der Waals surface area contributed by atoms with E-state index in [0.717, 1.165) is 22.3 Å². The van der Waals surface area contributed by atoms with Crippen molar-refractivity contribution in [3.05, 3.63) is 59.7 Å². The highest BCUT2D eigenvalue weighted by molar-refractivity contribution is 5.88. The number of carbonyl (C=O) groups excluding carboxylic acids is 2. The van der Waals surface area contributed by atoms with Gasteiger partial charge in [0.05, 0.1) is 0 Å². The van der Waals surface area contributed by atoms with Gasteiger partial charge >= 0.3 is 12.1 Å². The van der Waals surface area contributed by atoms with Crippen molar-refractivity contribution in [1.82, 2.24) is 10.2 Å². The van der Waals surface area contributed by atoms with Gasteiger partial charge in [0.1, 0.15) is 12.1 Å². The number of carboxylic acids is 1. The first kappa shape index (κ1) is 23.8. The Balaban J connectivity index is 1.40. The molecule has 0 unspecified atom stereocenters. The number of rotatable bonds is 7. The van der Waals surface area contributed by atoms with Crippen LogP contribution in [0.15, 0.2) is 48.5 Å². The van der Waals surface area contributed by atoms with Gasteiger partial charge in [-0.05, 0) is 47.9 Å². The second kappa shape index (κ2) is 9.49. The molecule has 0 bridgehead atoms. The van der Waals surface area contributed by atoms with Crippen molar-refractivity contribution < 1.29 is 24.2 Å². The van der Waals surface area contributed by atoms with Crippen LogP contribution in [-0.4, -0.2) is 52.7 Å². The minimum Gasteiger partial charge on any atom is -0.480 e. The summed E-state index contributed by atoms with van der Waals surface area (Å²) in [7, 11) is 0. The molecule has 0 spiro atoms. The fourth-order valence-corrected chi connectivity index (χ4v) is 5.13. The van der Waals surface area contributed by atoms with Gasteiger partial charge in [0, 0.05) is 24.9 Å². The molecule has 180 valence electrons. The van der Waals surface area contributed by atoms with Gasteiger partial charge in [0.25, 0.3) is 0 Å². The maximum atomic E-state index is 13.0. The van der Waals surface area contributed by atoms with Crippen LogP contribution in [0.2, 0.25) is 0 Å². The molecule has 0 radical (unpaired) electrons. The van der Waals surface area contributed by atoms with Crippen LogP contribution in [0.25, 0.3) is 11.1 Å². The summed E-state index contributed by atoms with van der Waals surface area (Å²) in [4.78, 5) is 38.9. The van der Waals surface area contributed by atoms with Crippen LogP contribution >= 0.6 is 0 Å². The molecule has 2 aliphatic rings. The van der Waals surface area contributed by atoms with Gasteiger partial charge in [0.2, 0.25) is 5.91 Å². The highest BCUT2D eigenvalue weighted by Gasteiger charge is 2.46. The lowest BCUT2D eigenvalue weighted by Crippen LogP contribution is -2.52. The minimum absolute atomic E-state index is 0.0249. The normalized spacial score (nSPS) is 20.1. The van der Waals surface area contributed by atoms with Crippen molar-refractivity contribution in [3.63, 3.8) is 0 Å². The molecule has 1 heterocycles. The Labute approximate surface area is 200 Å². The number of nitrogens with one attached hydrogen (secondary N) is 1. The number of ether oxygens (including phenoxy) is 1. The van der Waals surface area contributed by atoms with E-state index in [-0.39, 0.29) is 30.8 Å². The van der Waals surface area contributed by atoms with Crippen molar-refractivity contribution >= 4 is 18.0 Å². The topological polar surface area (TPSA) is 95.9 Å². The van der Waals surface area contributed by atoms with Crippen molar-refractivity contribution in [2.75, 3.05) is 13.2 Å². The lowest BCUT2D eigenvalue weighted by atomic mass is 9.96. The highest BCUT2D eigenvalue weighted by Crippen LogP contribution is 2.44. The van der Waals surface area contributed by atoms with E-state index in [2.05, 4.69) is 29.6 Å². The van der Waals surface area contributed by atoms with Gasteiger partial charge in [-0.1, -0.05) is 62.4 Å². The number of aliphatic carboxylic acids is 1. The average Bonchev–Trinajstić information content (AvgIpc) is 3.36. The Bertz CT molecular complexity index is 1050. The number of alkyl carbamates (subject to hydrolysis) is 1. The van der Waals surface area contributed by atoms with E-state index < -0.39 is 23.6 Å². The van der Waals surface area contributed by atoms with Gasteiger partial charge in [-0.3, -0.25) is 4.79 Å². The predicted molar refractivity (Wildman–Crippen MR) is 128 cm³/mol. The zero-order valence-electron chi connectivity index (χ0n) is 19.9. The van der Waals surface area contributed by atoms with Crippen LogP contribution < -0.4 is 5.32 Å². The average molecular weight is 465 g/mol. The molecule has 2 aromatic carbocycles. The third kappa shape index (κ3) is 4.39.